The molecule has 0 bridgehead atoms. The molecular formula is C18H19NOS. The van der Waals surface area contributed by atoms with Crippen molar-refractivity contribution in [3.8, 4) is 0 Å². The van der Waals surface area contributed by atoms with Gasteiger partial charge in [0.15, 0.2) is 0 Å². The molecule has 0 saturated heterocycles. The van der Waals surface area contributed by atoms with Gasteiger partial charge in [0, 0.05) is 18.0 Å². The van der Waals surface area contributed by atoms with Gasteiger partial charge in [-0.1, -0.05) is 42.5 Å². The lowest BCUT2D eigenvalue weighted by Crippen LogP contribution is -2.23. The van der Waals surface area contributed by atoms with Gasteiger partial charge in [0.1, 0.15) is 0 Å². The van der Waals surface area contributed by atoms with E-state index in [9.17, 15) is 5.11 Å². The van der Waals surface area contributed by atoms with Crippen molar-refractivity contribution in [3.63, 3.8) is 0 Å². The van der Waals surface area contributed by atoms with E-state index in [0.29, 0.717) is 6.54 Å². The van der Waals surface area contributed by atoms with Crippen molar-refractivity contribution in [2.24, 2.45) is 0 Å². The van der Waals surface area contributed by atoms with Gasteiger partial charge in [-0.25, -0.2) is 0 Å². The smallest absolute Gasteiger partial charge is 0.0914 e. The van der Waals surface area contributed by atoms with E-state index in [4.69, 9.17) is 0 Å². The predicted octanol–water partition coefficient (Wildman–Crippen LogP) is 3.77. The predicted molar refractivity (Wildman–Crippen MR) is 89.8 cm³/mol. The topological polar surface area (TPSA) is 32.3 Å². The van der Waals surface area contributed by atoms with Crippen molar-refractivity contribution in [2.75, 3.05) is 13.1 Å². The largest absolute Gasteiger partial charge is 0.387 e. The third-order valence-electron chi connectivity index (χ3n) is 3.62. The normalized spacial score (nSPS) is 12.6. The van der Waals surface area contributed by atoms with Gasteiger partial charge in [-0.2, -0.15) is 0 Å². The second-order valence-electron chi connectivity index (χ2n) is 5.16. The molecule has 108 valence electrons. The van der Waals surface area contributed by atoms with Gasteiger partial charge >= 0.3 is 0 Å². The van der Waals surface area contributed by atoms with Crippen LogP contribution in [0.25, 0.3) is 10.8 Å². The fourth-order valence-corrected chi connectivity index (χ4v) is 3.15. The number of nitrogens with one attached hydrogen (secondary N) is 1. The summed E-state index contributed by atoms with van der Waals surface area (Å²) in [5.41, 5.74) is 0.970. The minimum atomic E-state index is -0.460. The van der Waals surface area contributed by atoms with Crippen LogP contribution in [0.5, 0.6) is 0 Å². The first-order chi connectivity index (χ1) is 10.3. The Hall–Kier alpha value is -1.68. The summed E-state index contributed by atoms with van der Waals surface area (Å²) >= 11 is 1.78. The molecule has 0 saturated carbocycles. The molecule has 1 unspecified atom stereocenters. The van der Waals surface area contributed by atoms with E-state index in [1.54, 1.807) is 11.3 Å². The molecule has 3 rings (SSSR count). The van der Waals surface area contributed by atoms with E-state index in [0.717, 1.165) is 18.5 Å². The van der Waals surface area contributed by atoms with Crippen molar-refractivity contribution >= 4 is 22.1 Å². The highest BCUT2D eigenvalue weighted by Crippen LogP contribution is 2.20. The molecule has 0 aliphatic rings. The van der Waals surface area contributed by atoms with Crippen LogP contribution in [-0.4, -0.2) is 18.2 Å². The maximum Gasteiger partial charge on any atom is 0.0914 e. The quantitative estimate of drug-likeness (QED) is 0.679. The number of thiophene rings is 1. The monoisotopic (exact) mass is 297 g/mol. The Bertz CT molecular complexity index is 693. The molecule has 1 heterocycles. The van der Waals surface area contributed by atoms with E-state index in [1.807, 2.05) is 18.2 Å². The molecule has 21 heavy (non-hydrogen) atoms. The van der Waals surface area contributed by atoms with Crippen molar-refractivity contribution < 1.29 is 5.11 Å². The Balaban J connectivity index is 1.55. The Morgan fingerprint density at radius 1 is 1.00 bits per heavy atom. The highest BCUT2D eigenvalue weighted by Gasteiger charge is 2.07. The van der Waals surface area contributed by atoms with Gasteiger partial charge in [-0.15, -0.1) is 11.3 Å². The fourth-order valence-electron chi connectivity index (χ4n) is 2.44. The summed E-state index contributed by atoms with van der Waals surface area (Å²) in [4.78, 5) is 1.38. The van der Waals surface area contributed by atoms with E-state index in [-0.39, 0.29) is 0 Å². The van der Waals surface area contributed by atoms with Gasteiger partial charge in [-0.05, 0) is 40.3 Å². The number of aliphatic hydroxyl groups excluding tert-OH is 1. The highest BCUT2D eigenvalue weighted by atomic mass is 32.1. The standard InChI is InChI=1S/C18H19NOS/c20-18(13-19-10-9-17-6-3-11-21-17)16-8-7-14-4-1-2-5-15(14)12-16/h1-8,11-12,18-20H,9-10,13H2. The molecule has 0 aliphatic heterocycles. The third kappa shape index (κ3) is 3.70. The van der Waals surface area contributed by atoms with Crippen LogP contribution in [0, 0.1) is 0 Å². The van der Waals surface area contributed by atoms with Crippen LogP contribution in [0.15, 0.2) is 60.0 Å². The summed E-state index contributed by atoms with van der Waals surface area (Å²) < 4.78 is 0. The van der Waals surface area contributed by atoms with Gasteiger partial charge in [0.25, 0.3) is 0 Å². The number of fused-ring (bicyclic) bond motifs is 1. The van der Waals surface area contributed by atoms with Crippen LogP contribution in [0.4, 0.5) is 0 Å². The summed E-state index contributed by atoms with van der Waals surface area (Å²) in [6, 6.07) is 18.6. The molecule has 0 fully saturated rings. The molecule has 2 nitrogen and oxygen atoms in total. The van der Waals surface area contributed by atoms with Crippen molar-refractivity contribution in [1.82, 2.24) is 5.32 Å². The lowest BCUT2D eigenvalue weighted by Gasteiger charge is -2.13. The molecule has 1 aromatic heterocycles. The lowest BCUT2D eigenvalue weighted by molar-refractivity contribution is 0.175. The minimum absolute atomic E-state index is 0.460. The number of hydrogen-bond acceptors (Lipinski definition) is 3. The molecule has 3 heteroatoms. The molecule has 0 spiro atoms. The van der Waals surface area contributed by atoms with Crippen molar-refractivity contribution in [1.29, 1.82) is 0 Å². The van der Waals surface area contributed by atoms with Crippen LogP contribution >= 0.6 is 11.3 Å². The average molecular weight is 297 g/mol. The van der Waals surface area contributed by atoms with E-state index in [1.165, 1.54) is 15.6 Å². The average Bonchev–Trinajstić information content (AvgIpc) is 3.04. The number of rotatable bonds is 6. The molecule has 1 atom stereocenters. The highest BCUT2D eigenvalue weighted by molar-refractivity contribution is 7.09. The zero-order valence-corrected chi connectivity index (χ0v) is 12.6. The van der Waals surface area contributed by atoms with Crippen LogP contribution in [-0.2, 0) is 6.42 Å². The zero-order chi connectivity index (χ0) is 14.5. The van der Waals surface area contributed by atoms with E-state index < -0.39 is 6.10 Å². The second-order valence-corrected chi connectivity index (χ2v) is 6.19. The first-order valence-electron chi connectivity index (χ1n) is 7.23. The molecular weight excluding hydrogens is 278 g/mol. The molecule has 2 N–H and O–H groups in total. The van der Waals surface area contributed by atoms with Crippen molar-refractivity contribution in [2.45, 2.75) is 12.5 Å². The summed E-state index contributed by atoms with van der Waals surface area (Å²) in [5, 5.41) is 18.1. The van der Waals surface area contributed by atoms with E-state index >= 15 is 0 Å². The van der Waals surface area contributed by atoms with Crippen LogP contribution in [0.1, 0.15) is 16.5 Å². The molecule has 0 amide bonds. The Morgan fingerprint density at radius 2 is 1.86 bits per heavy atom. The van der Waals surface area contributed by atoms with Gasteiger partial charge in [0.2, 0.25) is 0 Å². The molecule has 0 aliphatic carbocycles. The summed E-state index contributed by atoms with van der Waals surface area (Å²) in [5.74, 6) is 0. The fraction of sp³-hybridized carbons (Fsp3) is 0.222. The maximum atomic E-state index is 10.3. The Kier molecular flexibility index (Phi) is 4.65. The lowest BCUT2D eigenvalue weighted by atomic mass is 10.0. The van der Waals surface area contributed by atoms with Crippen molar-refractivity contribution in [3.05, 3.63) is 70.4 Å². The van der Waals surface area contributed by atoms with Gasteiger partial charge in [0.05, 0.1) is 6.10 Å². The van der Waals surface area contributed by atoms with Crippen LogP contribution in [0.3, 0.4) is 0 Å². The van der Waals surface area contributed by atoms with Crippen LogP contribution < -0.4 is 5.32 Å². The second kappa shape index (κ2) is 6.85. The van der Waals surface area contributed by atoms with Gasteiger partial charge < -0.3 is 10.4 Å². The van der Waals surface area contributed by atoms with Gasteiger partial charge in [-0.3, -0.25) is 0 Å². The maximum absolute atomic E-state index is 10.3. The summed E-state index contributed by atoms with van der Waals surface area (Å²) in [6.07, 6.45) is 0.556. The SMILES string of the molecule is OC(CNCCc1cccs1)c1ccc2ccccc2c1. The minimum Gasteiger partial charge on any atom is -0.387 e. The molecule has 0 radical (unpaired) electrons. The zero-order valence-electron chi connectivity index (χ0n) is 11.8. The summed E-state index contributed by atoms with van der Waals surface area (Å²) in [7, 11) is 0. The number of hydrogen-bond donors (Lipinski definition) is 2. The first-order valence-corrected chi connectivity index (χ1v) is 8.11. The van der Waals surface area contributed by atoms with E-state index in [2.05, 4.69) is 47.1 Å². The Morgan fingerprint density at radius 3 is 2.67 bits per heavy atom. The molecule has 2 aromatic carbocycles. The first kappa shape index (κ1) is 14.3. The third-order valence-corrected chi connectivity index (χ3v) is 4.56. The molecule has 3 aromatic rings. The van der Waals surface area contributed by atoms with Crippen LogP contribution in [0.2, 0.25) is 0 Å². The summed E-state index contributed by atoms with van der Waals surface area (Å²) in [6.45, 7) is 1.48. The Labute approximate surface area is 129 Å². The number of benzene rings is 2. The number of aliphatic hydroxyl groups is 1.